The van der Waals surface area contributed by atoms with Crippen LogP contribution in [0.4, 0.5) is 5.69 Å². The molecule has 1 aromatic carbocycles. The highest BCUT2D eigenvalue weighted by Crippen LogP contribution is 2.45. The third-order valence-corrected chi connectivity index (χ3v) is 7.25. The number of hydrogen-bond acceptors (Lipinski definition) is 8. The Bertz CT molecular complexity index is 1110. The first-order valence-electron chi connectivity index (χ1n) is 13.5. The van der Waals surface area contributed by atoms with Crippen molar-refractivity contribution in [1.82, 2.24) is 4.98 Å². The largest absolute Gasteiger partial charge is 0.497 e. The highest BCUT2D eigenvalue weighted by Gasteiger charge is 2.34. The van der Waals surface area contributed by atoms with Crippen molar-refractivity contribution < 1.29 is 28.5 Å². The van der Waals surface area contributed by atoms with Crippen LogP contribution in [0.5, 0.6) is 11.6 Å². The molecule has 0 spiro atoms. The number of aromatic nitrogens is 1. The Morgan fingerprint density at radius 1 is 1.13 bits per heavy atom. The van der Waals surface area contributed by atoms with Gasteiger partial charge in [0, 0.05) is 31.4 Å². The van der Waals surface area contributed by atoms with Gasteiger partial charge in [0.2, 0.25) is 5.88 Å². The van der Waals surface area contributed by atoms with Crippen LogP contribution in [0.15, 0.2) is 49.2 Å². The number of piperidine rings is 1. The van der Waals surface area contributed by atoms with Crippen molar-refractivity contribution in [2.75, 3.05) is 44.9 Å². The number of esters is 2. The Morgan fingerprint density at radius 2 is 1.92 bits per heavy atom. The SMILES string of the molecule is C=CCOC(=O)c1ccc(OC)cc1N1CCC(COc2cc([C@@H](CC(=O)OCC)C3CC3)ccn2)CC1. The lowest BCUT2D eigenvalue weighted by molar-refractivity contribution is -0.143. The number of nitrogens with zero attached hydrogens (tertiary/aromatic N) is 2. The summed E-state index contributed by atoms with van der Waals surface area (Å²) in [5.74, 6) is 1.82. The molecule has 0 amide bonds. The predicted octanol–water partition coefficient (Wildman–Crippen LogP) is 5.18. The number of carbonyl (C=O) groups excluding carboxylic acids is 2. The summed E-state index contributed by atoms with van der Waals surface area (Å²) < 4.78 is 22.0. The average molecular weight is 523 g/mol. The lowest BCUT2D eigenvalue weighted by atomic mass is 9.92. The van der Waals surface area contributed by atoms with Gasteiger partial charge in [-0.3, -0.25) is 4.79 Å². The van der Waals surface area contributed by atoms with Gasteiger partial charge in [0.15, 0.2) is 0 Å². The van der Waals surface area contributed by atoms with E-state index in [1.165, 1.54) is 0 Å². The van der Waals surface area contributed by atoms with E-state index in [-0.39, 0.29) is 24.5 Å². The number of hydrogen-bond donors (Lipinski definition) is 0. The van der Waals surface area contributed by atoms with Crippen molar-refractivity contribution in [2.24, 2.45) is 11.8 Å². The Morgan fingerprint density at radius 3 is 2.61 bits per heavy atom. The number of pyridine rings is 1. The molecule has 204 valence electrons. The summed E-state index contributed by atoms with van der Waals surface area (Å²) in [5, 5.41) is 0. The molecule has 0 radical (unpaired) electrons. The van der Waals surface area contributed by atoms with Crippen molar-refractivity contribution in [3.05, 3.63) is 60.3 Å². The second kappa shape index (κ2) is 13.3. The van der Waals surface area contributed by atoms with Crippen molar-refractivity contribution in [3.8, 4) is 11.6 Å². The standard InChI is InChI=1S/C30H38N2O6/c1-4-16-37-30(34)25-9-8-24(35-3)18-27(25)32-14-11-21(12-15-32)20-38-28-17-23(10-13-31-28)26(22-6-7-22)19-29(33)36-5-2/h4,8-10,13,17-18,21-22,26H,1,5-7,11-12,14-16,19-20H2,2-3H3/t26-/m0/s1. The fourth-order valence-electron chi connectivity index (χ4n) is 5.02. The van der Waals surface area contributed by atoms with Crippen LogP contribution in [0.25, 0.3) is 0 Å². The minimum absolute atomic E-state index is 0.149. The molecular weight excluding hydrogens is 484 g/mol. The van der Waals surface area contributed by atoms with Gasteiger partial charge < -0.3 is 23.8 Å². The monoisotopic (exact) mass is 522 g/mol. The zero-order valence-corrected chi connectivity index (χ0v) is 22.4. The Hall–Kier alpha value is -3.55. The first-order valence-corrected chi connectivity index (χ1v) is 13.5. The van der Waals surface area contributed by atoms with Crippen molar-refractivity contribution in [2.45, 2.75) is 44.9 Å². The van der Waals surface area contributed by atoms with E-state index < -0.39 is 0 Å². The number of benzene rings is 1. The molecule has 2 aromatic rings. The normalized spacial score (nSPS) is 16.4. The molecule has 4 rings (SSSR count). The van der Waals surface area contributed by atoms with Crippen LogP contribution in [-0.2, 0) is 14.3 Å². The summed E-state index contributed by atoms with van der Waals surface area (Å²) in [7, 11) is 1.62. The Labute approximate surface area is 224 Å². The highest BCUT2D eigenvalue weighted by molar-refractivity contribution is 5.96. The fourth-order valence-corrected chi connectivity index (χ4v) is 5.02. The number of methoxy groups -OCH3 is 1. The molecule has 8 heteroatoms. The zero-order valence-electron chi connectivity index (χ0n) is 22.4. The molecule has 1 saturated heterocycles. The van der Waals surface area contributed by atoms with Gasteiger partial charge in [0.25, 0.3) is 0 Å². The second-order valence-electron chi connectivity index (χ2n) is 9.89. The maximum absolute atomic E-state index is 12.6. The van der Waals surface area contributed by atoms with E-state index in [1.807, 2.05) is 25.1 Å². The molecule has 0 unspecified atom stereocenters. The van der Waals surface area contributed by atoms with Crippen LogP contribution in [0.3, 0.4) is 0 Å². The Balaban J connectivity index is 1.34. The topological polar surface area (TPSA) is 87.2 Å². The third-order valence-electron chi connectivity index (χ3n) is 7.25. The summed E-state index contributed by atoms with van der Waals surface area (Å²) in [5.41, 5.74) is 2.44. The van der Waals surface area contributed by atoms with E-state index in [0.717, 1.165) is 50.0 Å². The van der Waals surface area contributed by atoms with Crippen LogP contribution >= 0.6 is 0 Å². The molecule has 38 heavy (non-hydrogen) atoms. The van der Waals surface area contributed by atoms with Gasteiger partial charge in [-0.25, -0.2) is 9.78 Å². The first-order chi connectivity index (χ1) is 18.5. The predicted molar refractivity (Wildman–Crippen MR) is 145 cm³/mol. The molecule has 2 heterocycles. The van der Waals surface area contributed by atoms with Crippen LogP contribution in [0, 0.1) is 11.8 Å². The lowest BCUT2D eigenvalue weighted by Gasteiger charge is -2.34. The summed E-state index contributed by atoms with van der Waals surface area (Å²) in [6.45, 7) is 8.17. The minimum atomic E-state index is -0.369. The molecule has 1 atom stereocenters. The van der Waals surface area contributed by atoms with E-state index >= 15 is 0 Å². The van der Waals surface area contributed by atoms with Crippen LogP contribution in [0.1, 0.15) is 60.9 Å². The van der Waals surface area contributed by atoms with Gasteiger partial charge in [0.05, 0.1) is 38.0 Å². The lowest BCUT2D eigenvalue weighted by Crippen LogP contribution is -2.36. The van der Waals surface area contributed by atoms with Crippen LogP contribution in [-0.4, -0.2) is 56.9 Å². The van der Waals surface area contributed by atoms with E-state index in [1.54, 1.807) is 31.5 Å². The van der Waals surface area contributed by atoms with Gasteiger partial charge in [-0.15, -0.1) is 0 Å². The number of anilines is 1. The van der Waals surface area contributed by atoms with E-state index in [2.05, 4.69) is 16.5 Å². The van der Waals surface area contributed by atoms with Crippen molar-refractivity contribution in [1.29, 1.82) is 0 Å². The maximum atomic E-state index is 12.6. The molecule has 1 saturated carbocycles. The molecule has 8 nitrogen and oxygen atoms in total. The van der Waals surface area contributed by atoms with Gasteiger partial charge in [-0.1, -0.05) is 12.7 Å². The summed E-state index contributed by atoms with van der Waals surface area (Å²) in [6.07, 6.45) is 7.85. The minimum Gasteiger partial charge on any atom is -0.497 e. The zero-order chi connectivity index (χ0) is 26.9. The van der Waals surface area contributed by atoms with E-state index in [4.69, 9.17) is 18.9 Å². The first kappa shape index (κ1) is 27.5. The molecule has 2 fully saturated rings. The van der Waals surface area contributed by atoms with Gasteiger partial charge in [0.1, 0.15) is 12.4 Å². The fraction of sp³-hybridized carbons (Fsp3) is 0.500. The molecule has 1 aliphatic carbocycles. The van der Waals surface area contributed by atoms with Crippen LogP contribution < -0.4 is 14.4 Å². The summed E-state index contributed by atoms with van der Waals surface area (Å²) >= 11 is 0. The summed E-state index contributed by atoms with van der Waals surface area (Å²) in [6, 6.07) is 9.39. The quantitative estimate of drug-likeness (QED) is 0.263. The molecule has 1 aliphatic heterocycles. The van der Waals surface area contributed by atoms with E-state index in [0.29, 0.717) is 48.7 Å². The van der Waals surface area contributed by atoms with Gasteiger partial charge in [-0.05, 0) is 74.1 Å². The number of rotatable bonds is 13. The second-order valence-corrected chi connectivity index (χ2v) is 9.89. The van der Waals surface area contributed by atoms with Crippen molar-refractivity contribution >= 4 is 17.6 Å². The van der Waals surface area contributed by atoms with Gasteiger partial charge >= 0.3 is 11.9 Å². The maximum Gasteiger partial charge on any atom is 0.340 e. The summed E-state index contributed by atoms with van der Waals surface area (Å²) in [4.78, 5) is 31.4. The molecule has 0 N–H and O–H groups in total. The Kier molecular flexibility index (Phi) is 9.62. The smallest absolute Gasteiger partial charge is 0.340 e. The van der Waals surface area contributed by atoms with E-state index in [9.17, 15) is 9.59 Å². The average Bonchev–Trinajstić information content (AvgIpc) is 3.79. The molecular formula is C30H38N2O6. The highest BCUT2D eigenvalue weighted by atomic mass is 16.5. The molecule has 0 bridgehead atoms. The number of carbonyl (C=O) groups is 2. The molecule has 1 aromatic heterocycles. The third kappa shape index (κ3) is 7.27. The van der Waals surface area contributed by atoms with Crippen molar-refractivity contribution in [3.63, 3.8) is 0 Å². The van der Waals surface area contributed by atoms with Gasteiger partial charge in [-0.2, -0.15) is 0 Å². The number of ether oxygens (including phenoxy) is 4. The van der Waals surface area contributed by atoms with Crippen LogP contribution in [0.2, 0.25) is 0 Å². The molecule has 2 aliphatic rings.